The highest BCUT2D eigenvalue weighted by Gasteiger charge is 2.03. The van der Waals surface area contributed by atoms with Gasteiger partial charge in [-0.2, -0.15) is 0 Å². The van der Waals surface area contributed by atoms with Crippen LogP contribution in [0.5, 0.6) is 5.75 Å². The van der Waals surface area contributed by atoms with Crippen LogP contribution in [0.25, 0.3) is 0 Å². The summed E-state index contributed by atoms with van der Waals surface area (Å²) >= 11 is 0. The van der Waals surface area contributed by atoms with Crippen molar-refractivity contribution in [1.29, 1.82) is 0 Å². The second-order valence-corrected chi connectivity index (χ2v) is 3.82. The number of rotatable bonds is 4. The van der Waals surface area contributed by atoms with Crippen LogP contribution in [0.3, 0.4) is 0 Å². The summed E-state index contributed by atoms with van der Waals surface area (Å²) in [7, 11) is 1.95. The maximum Gasteiger partial charge on any atom is 0.128 e. The first-order chi connectivity index (χ1) is 8.20. The van der Waals surface area contributed by atoms with E-state index < -0.39 is 0 Å². The highest BCUT2D eigenvalue weighted by atomic mass is 19.1. The highest BCUT2D eigenvalue weighted by molar-refractivity contribution is 5.23. The summed E-state index contributed by atoms with van der Waals surface area (Å²) in [6.45, 7) is 0.954. The third kappa shape index (κ3) is 2.65. The second kappa shape index (κ2) is 5.01. The number of halogens is 1. The molecule has 0 aliphatic heterocycles. The standard InChI is InChI=1S/C13H15FN2O/c1-16-11(8-15)4-5-12(16)9-17-13-6-2-10(14)3-7-13/h2-7H,8-9,15H2,1H3. The van der Waals surface area contributed by atoms with Crippen molar-refractivity contribution in [2.24, 2.45) is 12.8 Å². The van der Waals surface area contributed by atoms with E-state index in [0.29, 0.717) is 18.9 Å². The first kappa shape index (κ1) is 11.7. The number of ether oxygens (including phenoxy) is 1. The van der Waals surface area contributed by atoms with Gasteiger partial charge in [-0.25, -0.2) is 4.39 Å². The van der Waals surface area contributed by atoms with Crippen LogP contribution < -0.4 is 10.5 Å². The van der Waals surface area contributed by atoms with E-state index in [0.717, 1.165) is 11.4 Å². The van der Waals surface area contributed by atoms with E-state index >= 15 is 0 Å². The van der Waals surface area contributed by atoms with Gasteiger partial charge in [0.05, 0.1) is 5.69 Å². The molecule has 0 saturated carbocycles. The Morgan fingerprint density at radius 2 is 1.76 bits per heavy atom. The van der Waals surface area contributed by atoms with Crippen LogP contribution in [0.2, 0.25) is 0 Å². The van der Waals surface area contributed by atoms with E-state index in [1.165, 1.54) is 12.1 Å². The minimum Gasteiger partial charge on any atom is -0.487 e. The fourth-order valence-corrected chi connectivity index (χ4v) is 1.64. The molecule has 1 aromatic heterocycles. The quantitative estimate of drug-likeness (QED) is 0.881. The summed E-state index contributed by atoms with van der Waals surface area (Å²) in [5.41, 5.74) is 7.68. The Labute approximate surface area is 99.6 Å². The Hall–Kier alpha value is -1.81. The molecular formula is C13H15FN2O. The van der Waals surface area contributed by atoms with Crippen molar-refractivity contribution in [2.75, 3.05) is 0 Å². The van der Waals surface area contributed by atoms with E-state index in [4.69, 9.17) is 10.5 Å². The van der Waals surface area contributed by atoms with Gasteiger partial charge in [-0.05, 0) is 36.4 Å². The topological polar surface area (TPSA) is 40.2 Å². The minimum atomic E-state index is -0.262. The fraction of sp³-hybridized carbons (Fsp3) is 0.231. The van der Waals surface area contributed by atoms with Crippen LogP contribution in [0, 0.1) is 5.82 Å². The molecule has 4 heteroatoms. The van der Waals surface area contributed by atoms with Gasteiger partial charge in [-0.1, -0.05) is 0 Å². The molecule has 1 aromatic carbocycles. The number of nitrogens with zero attached hydrogens (tertiary/aromatic N) is 1. The normalized spacial score (nSPS) is 10.5. The Bertz CT molecular complexity index is 491. The molecular weight excluding hydrogens is 219 g/mol. The number of benzene rings is 1. The number of hydrogen-bond donors (Lipinski definition) is 1. The lowest BCUT2D eigenvalue weighted by atomic mass is 10.3. The predicted molar refractivity (Wildman–Crippen MR) is 64.0 cm³/mol. The van der Waals surface area contributed by atoms with Crippen LogP contribution in [0.4, 0.5) is 4.39 Å². The number of aromatic nitrogens is 1. The molecule has 0 saturated heterocycles. The van der Waals surface area contributed by atoms with Crippen molar-refractivity contribution in [3.05, 3.63) is 53.6 Å². The van der Waals surface area contributed by atoms with Crippen LogP contribution in [-0.2, 0) is 20.2 Å². The summed E-state index contributed by atoms with van der Waals surface area (Å²) in [6.07, 6.45) is 0. The SMILES string of the molecule is Cn1c(CN)ccc1COc1ccc(F)cc1. The van der Waals surface area contributed by atoms with Gasteiger partial charge in [0.1, 0.15) is 18.2 Å². The third-order valence-corrected chi connectivity index (χ3v) is 2.74. The summed E-state index contributed by atoms with van der Waals surface area (Å²) in [4.78, 5) is 0. The molecule has 0 radical (unpaired) electrons. The summed E-state index contributed by atoms with van der Waals surface area (Å²) in [5, 5.41) is 0. The molecule has 0 spiro atoms. The number of nitrogens with two attached hydrogens (primary N) is 1. The Morgan fingerprint density at radius 3 is 2.35 bits per heavy atom. The smallest absolute Gasteiger partial charge is 0.128 e. The lowest BCUT2D eigenvalue weighted by Gasteiger charge is -2.08. The van der Waals surface area contributed by atoms with Gasteiger partial charge in [0.2, 0.25) is 0 Å². The van der Waals surface area contributed by atoms with E-state index in [1.54, 1.807) is 12.1 Å². The molecule has 0 aliphatic rings. The average Bonchev–Trinajstić information content (AvgIpc) is 2.69. The van der Waals surface area contributed by atoms with Crippen LogP contribution >= 0.6 is 0 Å². The Morgan fingerprint density at radius 1 is 1.12 bits per heavy atom. The number of hydrogen-bond acceptors (Lipinski definition) is 2. The van der Waals surface area contributed by atoms with Crippen LogP contribution in [0.15, 0.2) is 36.4 Å². The maximum absolute atomic E-state index is 12.7. The van der Waals surface area contributed by atoms with Gasteiger partial charge in [-0.15, -0.1) is 0 Å². The molecule has 0 aliphatic carbocycles. The molecule has 2 rings (SSSR count). The summed E-state index contributed by atoms with van der Waals surface area (Å²) < 4.78 is 20.3. The summed E-state index contributed by atoms with van der Waals surface area (Å²) in [5.74, 6) is 0.392. The molecule has 17 heavy (non-hydrogen) atoms. The van der Waals surface area contributed by atoms with Crippen molar-refractivity contribution in [2.45, 2.75) is 13.2 Å². The molecule has 0 amide bonds. The van der Waals surface area contributed by atoms with E-state index in [2.05, 4.69) is 0 Å². The molecule has 90 valence electrons. The van der Waals surface area contributed by atoms with Crippen molar-refractivity contribution in [3.63, 3.8) is 0 Å². The lowest BCUT2D eigenvalue weighted by molar-refractivity contribution is 0.296. The molecule has 0 atom stereocenters. The van der Waals surface area contributed by atoms with E-state index in [-0.39, 0.29) is 5.82 Å². The zero-order chi connectivity index (χ0) is 12.3. The van der Waals surface area contributed by atoms with Gasteiger partial charge >= 0.3 is 0 Å². The largest absolute Gasteiger partial charge is 0.487 e. The molecule has 3 nitrogen and oxygen atoms in total. The first-order valence-electron chi connectivity index (χ1n) is 5.42. The molecule has 0 fully saturated rings. The predicted octanol–water partition coefficient (Wildman–Crippen LogP) is 2.20. The minimum absolute atomic E-state index is 0.262. The average molecular weight is 234 g/mol. The summed E-state index contributed by atoms with van der Waals surface area (Å²) in [6, 6.07) is 9.94. The Balaban J connectivity index is 2.02. The van der Waals surface area contributed by atoms with Crippen molar-refractivity contribution < 1.29 is 9.13 Å². The maximum atomic E-state index is 12.7. The second-order valence-electron chi connectivity index (χ2n) is 3.82. The molecule has 2 N–H and O–H groups in total. The van der Waals surface area contributed by atoms with Crippen molar-refractivity contribution in [1.82, 2.24) is 4.57 Å². The molecule has 2 aromatic rings. The monoisotopic (exact) mass is 234 g/mol. The zero-order valence-electron chi connectivity index (χ0n) is 9.69. The zero-order valence-corrected chi connectivity index (χ0v) is 9.69. The van der Waals surface area contributed by atoms with Gasteiger partial charge in [-0.3, -0.25) is 0 Å². The molecule has 0 bridgehead atoms. The van der Waals surface area contributed by atoms with E-state index in [1.807, 2.05) is 23.7 Å². The van der Waals surface area contributed by atoms with E-state index in [9.17, 15) is 4.39 Å². The molecule has 1 heterocycles. The van der Waals surface area contributed by atoms with Gasteiger partial charge in [0, 0.05) is 19.3 Å². The highest BCUT2D eigenvalue weighted by Crippen LogP contribution is 2.14. The van der Waals surface area contributed by atoms with Gasteiger partial charge in [0.25, 0.3) is 0 Å². The molecule has 0 unspecified atom stereocenters. The van der Waals surface area contributed by atoms with Crippen molar-refractivity contribution in [3.8, 4) is 5.75 Å². The van der Waals surface area contributed by atoms with Crippen molar-refractivity contribution >= 4 is 0 Å². The van der Waals surface area contributed by atoms with Crippen LogP contribution in [0.1, 0.15) is 11.4 Å². The fourth-order valence-electron chi connectivity index (χ4n) is 1.64. The first-order valence-corrected chi connectivity index (χ1v) is 5.42. The van der Waals surface area contributed by atoms with Gasteiger partial charge < -0.3 is 15.0 Å². The lowest BCUT2D eigenvalue weighted by Crippen LogP contribution is -2.07. The Kier molecular flexibility index (Phi) is 3.44. The van der Waals surface area contributed by atoms with Gasteiger partial charge in [0.15, 0.2) is 0 Å². The third-order valence-electron chi connectivity index (χ3n) is 2.74. The van der Waals surface area contributed by atoms with Crippen LogP contribution in [-0.4, -0.2) is 4.57 Å².